The zero-order chi connectivity index (χ0) is 7.83. The average molecular weight is 146 g/mol. The Kier molecular flexibility index (Phi) is 1.77. The fourth-order valence-corrected chi connectivity index (χ4v) is 3.80. The Hall–Kier alpha value is 0.430. The second-order valence-corrected chi connectivity index (χ2v) is 7.78. The van der Waals surface area contributed by atoms with E-state index < -0.39 is 7.26 Å². The van der Waals surface area contributed by atoms with Crippen molar-refractivity contribution in [3.8, 4) is 0 Å². The highest BCUT2D eigenvalue weighted by Crippen LogP contribution is 2.67. The molecule has 0 nitrogen and oxygen atoms in total. The lowest BCUT2D eigenvalue weighted by atomic mass is 10.9. The maximum absolute atomic E-state index is 8.05. The molecule has 1 saturated carbocycles. The molecule has 0 amide bonds. The van der Waals surface area contributed by atoms with Crippen LogP contribution in [0.2, 0.25) is 0 Å². The van der Waals surface area contributed by atoms with Crippen molar-refractivity contribution in [3.63, 3.8) is 0 Å². The Bertz CT molecular complexity index is 125. The molecular formula is C8H18P+. The molecule has 1 heteroatoms. The second kappa shape index (κ2) is 2.58. The SMILES string of the molecule is [2H]C1([P+](C)(CC)CC)CC1. The number of hydrogen-bond donors (Lipinski definition) is 0. The molecule has 0 atom stereocenters. The molecule has 0 aromatic heterocycles. The summed E-state index contributed by atoms with van der Waals surface area (Å²) in [7, 11) is -0.837. The molecule has 0 saturated heterocycles. The molecule has 54 valence electrons. The second-order valence-electron chi connectivity index (χ2n) is 3.09. The normalized spacial score (nSPS) is 25.4. The molecular weight excluding hydrogens is 127 g/mol. The molecule has 0 aliphatic heterocycles. The van der Waals surface area contributed by atoms with Gasteiger partial charge in [-0.3, -0.25) is 0 Å². The molecule has 0 aromatic rings. The quantitative estimate of drug-likeness (QED) is 0.537. The van der Waals surface area contributed by atoms with Crippen molar-refractivity contribution in [1.29, 1.82) is 0 Å². The van der Waals surface area contributed by atoms with Gasteiger partial charge in [0, 0.05) is 13.9 Å². The third-order valence-electron chi connectivity index (χ3n) is 2.63. The van der Waals surface area contributed by atoms with E-state index in [1.54, 1.807) is 0 Å². The van der Waals surface area contributed by atoms with Crippen molar-refractivity contribution in [2.45, 2.75) is 32.3 Å². The third kappa shape index (κ3) is 1.46. The minimum absolute atomic E-state index is 0.0660. The lowest BCUT2D eigenvalue weighted by Crippen LogP contribution is -2.02. The van der Waals surface area contributed by atoms with Gasteiger partial charge >= 0.3 is 0 Å². The summed E-state index contributed by atoms with van der Waals surface area (Å²) in [6.07, 6.45) is 4.90. The first-order valence-corrected chi connectivity index (χ1v) is 6.53. The van der Waals surface area contributed by atoms with Crippen LogP contribution in [-0.4, -0.2) is 24.6 Å². The first-order chi connectivity index (χ1) is 4.58. The molecule has 1 rings (SSSR count). The molecule has 0 bridgehead atoms. The van der Waals surface area contributed by atoms with Crippen LogP contribution in [0.4, 0.5) is 0 Å². The fourth-order valence-electron chi connectivity index (χ4n) is 1.27. The van der Waals surface area contributed by atoms with Gasteiger partial charge in [0.1, 0.15) is 0 Å². The highest BCUT2D eigenvalue weighted by molar-refractivity contribution is 7.76. The lowest BCUT2D eigenvalue weighted by molar-refractivity contribution is 1.29. The summed E-state index contributed by atoms with van der Waals surface area (Å²) in [6, 6.07) is 0. The summed E-state index contributed by atoms with van der Waals surface area (Å²) in [5.74, 6) is 0. The maximum Gasteiger partial charge on any atom is 0.0745 e. The zero-order valence-electron chi connectivity index (χ0n) is 7.78. The molecule has 0 spiro atoms. The lowest BCUT2D eigenvalue weighted by Gasteiger charge is -2.18. The molecule has 9 heavy (non-hydrogen) atoms. The Morgan fingerprint density at radius 1 is 1.44 bits per heavy atom. The van der Waals surface area contributed by atoms with Crippen LogP contribution in [0.15, 0.2) is 0 Å². The van der Waals surface area contributed by atoms with Crippen LogP contribution >= 0.6 is 7.26 Å². The van der Waals surface area contributed by atoms with Crippen LogP contribution in [0, 0.1) is 0 Å². The van der Waals surface area contributed by atoms with Gasteiger partial charge < -0.3 is 0 Å². The largest absolute Gasteiger partial charge is 0.0745 e. The van der Waals surface area contributed by atoms with Gasteiger partial charge in [-0.05, 0) is 26.7 Å². The van der Waals surface area contributed by atoms with E-state index in [1.807, 2.05) is 0 Å². The van der Waals surface area contributed by atoms with E-state index in [0.717, 1.165) is 0 Å². The van der Waals surface area contributed by atoms with E-state index in [0.29, 0.717) is 0 Å². The van der Waals surface area contributed by atoms with E-state index in [4.69, 9.17) is 1.37 Å². The van der Waals surface area contributed by atoms with Crippen molar-refractivity contribution in [2.75, 3.05) is 19.0 Å². The average Bonchev–Trinajstić information content (AvgIpc) is 2.68. The van der Waals surface area contributed by atoms with Crippen LogP contribution in [0.1, 0.15) is 28.1 Å². The van der Waals surface area contributed by atoms with E-state index in [-0.39, 0.29) is 5.64 Å². The summed E-state index contributed by atoms with van der Waals surface area (Å²) >= 11 is 0. The van der Waals surface area contributed by atoms with Crippen molar-refractivity contribution in [3.05, 3.63) is 0 Å². The highest BCUT2D eigenvalue weighted by Gasteiger charge is 2.45. The Balaban J connectivity index is 2.63. The van der Waals surface area contributed by atoms with Gasteiger partial charge in [-0.1, -0.05) is 0 Å². The van der Waals surface area contributed by atoms with Gasteiger partial charge in [0.2, 0.25) is 0 Å². The van der Waals surface area contributed by atoms with Crippen molar-refractivity contribution < 1.29 is 1.37 Å². The van der Waals surface area contributed by atoms with Crippen molar-refractivity contribution in [1.82, 2.24) is 0 Å². The van der Waals surface area contributed by atoms with Crippen LogP contribution in [0.25, 0.3) is 0 Å². The predicted octanol–water partition coefficient (Wildman–Crippen LogP) is 2.84. The van der Waals surface area contributed by atoms with Crippen molar-refractivity contribution in [2.24, 2.45) is 0 Å². The molecule has 1 aliphatic rings. The number of rotatable bonds is 3. The first-order valence-electron chi connectivity index (χ1n) is 4.42. The van der Waals surface area contributed by atoms with Gasteiger partial charge in [-0.2, -0.15) is 0 Å². The molecule has 1 fully saturated rings. The number of hydrogen-bond acceptors (Lipinski definition) is 0. The summed E-state index contributed by atoms with van der Waals surface area (Å²) in [6.45, 7) is 6.88. The Labute approximate surface area is 60.8 Å². The molecule has 0 N–H and O–H groups in total. The Morgan fingerprint density at radius 3 is 2.00 bits per heavy atom. The first kappa shape index (κ1) is 6.16. The maximum atomic E-state index is 8.05. The zero-order valence-corrected chi connectivity index (χ0v) is 7.67. The summed E-state index contributed by atoms with van der Waals surface area (Å²) in [4.78, 5) is 0. The van der Waals surface area contributed by atoms with Crippen LogP contribution in [-0.2, 0) is 0 Å². The fraction of sp³-hybridized carbons (Fsp3) is 1.00. The van der Waals surface area contributed by atoms with Gasteiger partial charge in [0.25, 0.3) is 0 Å². The minimum atomic E-state index is -0.837. The van der Waals surface area contributed by atoms with Gasteiger partial charge in [-0.15, -0.1) is 0 Å². The Morgan fingerprint density at radius 2 is 1.89 bits per heavy atom. The molecule has 0 aromatic carbocycles. The molecule has 0 radical (unpaired) electrons. The predicted molar refractivity (Wildman–Crippen MR) is 46.9 cm³/mol. The summed E-state index contributed by atoms with van der Waals surface area (Å²) in [5.41, 5.74) is 0.0660. The van der Waals surface area contributed by atoms with Gasteiger partial charge in [-0.25, -0.2) is 0 Å². The topological polar surface area (TPSA) is 0 Å². The van der Waals surface area contributed by atoms with Gasteiger partial charge in [0.15, 0.2) is 0 Å². The van der Waals surface area contributed by atoms with Crippen molar-refractivity contribution >= 4 is 7.26 Å². The minimum Gasteiger partial charge on any atom is -0.0311 e. The van der Waals surface area contributed by atoms with Gasteiger partial charge in [0.05, 0.1) is 19.3 Å². The molecule has 0 unspecified atom stereocenters. The van der Waals surface area contributed by atoms with Crippen LogP contribution in [0.3, 0.4) is 0 Å². The van der Waals surface area contributed by atoms with Crippen LogP contribution < -0.4 is 0 Å². The van der Waals surface area contributed by atoms with E-state index in [9.17, 15) is 0 Å². The summed E-state index contributed by atoms with van der Waals surface area (Å²) in [5, 5.41) is 0. The van der Waals surface area contributed by atoms with Crippen LogP contribution in [0.5, 0.6) is 0 Å². The monoisotopic (exact) mass is 146 g/mol. The molecule has 0 heterocycles. The van der Waals surface area contributed by atoms with E-state index in [2.05, 4.69) is 20.5 Å². The third-order valence-corrected chi connectivity index (χ3v) is 7.40. The summed E-state index contributed by atoms with van der Waals surface area (Å²) < 4.78 is 8.05. The molecule has 1 aliphatic carbocycles. The highest BCUT2D eigenvalue weighted by atomic mass is 31.2. The van der Waals surface area contributed by atoms with E-state index >= 15 is 0 Å². The van der Waals surface area contributed by atoms with E-state index in [1.165, 1.54) is 25.2 Å². The smallest absolute Gasteiger partial charge is 0.0311 e. The standard InChI is InChI=1S/C8H18P/c1-4-9(3,5-2)8-6-7-8/h8H,4-7H2,1-3H3/q+1/i8D.